The van der Waals surface area contributed by atoms with Gasteiger partial charge in [0.1, 0.15) is 0 Å². The van der Waals surface area contributed by atoms with E-state index in [0.717, 1.165) is 23.1 Å². The van der Waals surface area contributed by atoms with Gasteiger partial charge in [0, 0.05) is 23.8 Å². The normalized spacial score (nSPS) is 10.8. The molecule has 1 heterocycles. The SMILES string of the molecule is CSCCCCNc1ccc(Cl)c2ncccc12. The Bertz CT molecular complexity index is 516. The van der Waals surface area contributed by atoms with Crippen molar-refractivity contribution in [3.8, 4) is 0 Å². The molecule has 0 unspecified atom stereocenters. The van der Waals surface area contributed by atoms with Crippen molar-refractivity contribution in [2.75, 3.05) is 23.9 Å². The standard InChI is InChI=1S/C14H17ClN2S/c1-18-10-3-2-8-16-13-7-6-12(15)14-11(13)5-4-9-17-14/h4-7,9,16H,2-3,8,10H2,1H3. The van der Waals surface area contributed by atoms with Gasteiger partial charge in [-0.05, 0) is 49.1 Å². The summed E-state index contributed by atoms with van der Waals surface area (Å²) in [5.74, 6) is 1.23. The summed E-state index contributed by atoms with van der Waals surface area (Å²) >= 11 is 8.04. The van der Waals surface area contributed by atoms with E-state index in [2.05, 4.69) is 22.6 Å². The number of halogens is 1. The Hall–Kier alpha value is -0.930. The largest absolute Gasteiger partial charge is 0.384 e. The third-order valence-corrected chi connectivity index (χ3v) is 3.81. The molecule has 96 valence electrons. The van der Waals surface area contributed by atoms with Crippen LogP contribution < -0.4 is 5.32 Å². The van der Waals surface area contributed by atoms with Crippen LogP contribution in [-0.4, -0.2) is 23.5 Å². The maximum Gasteiger partial charge on any atom is 0.0908 e. The zero-order valence-electron chi connectivity index (χ0n) is 10.4. The molecule has 0 radical (unpaired) electrons. The summed E-state index contributed by atoms with van der Waals surface area (Å²) in [6, 6.07) is 7.93. The van der Waals surface area contributed by atoms with Gasteiger partial charge in [-0.15, -0.1) is 0 Å². The Balaban J connectivity index is 2.07. The molecule has 0 bridgehead atoms. The van der Waals surface area contributed by atoms with Gasteiger partial charge in [0.15, 0.2) is 0 Å². The molecule has 4 heteroatoms. The van der Waals surface area contributed by atoms with Crippen LogP contribution in [0, 0.1) is 0 Å². The molecule has 0 aliphatic rings. The van der Waals surface area contributed by atoms with Gasteiger partial charge >= 0.3 is 0 Å². The van der Waals surface area contributed by atoms with Crippen molar-refractivity contribution in [3.63, 3.8) is 0 Å². The molecule has 0 atom stereocenters. The predicted molar refractivity (Wildman–Crippen MR) is 82.9 cm³/mol. The van der Waals surface area contributed by atoms with Crippen LogP contribution in [0.2, 0.25) is 5.02 Å². The molecule has 1 aromatic carbocycles. The van der Waals surface area contributed by atoms with Gasteiger partial charge < -0.3 is 5.32 Å². The number of rotatable bonds is 6. The maximum atomic E-state index is 6.14. The van der Waals surface area contributed by atoms with Crippen LogP contribution in [0.3, 0.4) is 0 Å². The summed E-state index contributed by atoms with van der Waals surface area (Å²) in [4.78, 5) is 4.32. The molecular formula is C14H17ClN2S. The molecule has 0 fully saturated rings. The van der Waals surface area contributed by atoms with E-state index < -0.39 is 0 Å². The molecule has 2 rings (SSSR count). The molecule has 0 saturated heterocycles. The van der Waals surface area contributed by atoms with Gasteiger partial charge in [0.05, 0.1) is 10.5 Å². The first-order valence-corrected chi connectivity index (χ1v) is 7.86. The number of unbranched alkanes of at least 4 members (excludes halogenated alkanes) is 1. The molecular weight excluding hydrogens is 264 g/mol. The minimum atomic E-state index is 0.707. The van der Waals surface area contributed by atoms with Gasteiger partial charge in [-0.1, -0.05) is 11.6 Å². The van der Waals surface area contributed by atoms with Crippen molar-refractivity contribution in [2.24, 2.45) is 0 Å². The van der Waals surface area contributed by atoms with E-state index in [9.17, 15) is 0 Å². The fourth-order valence-electron chi connectivity index (χ4n) is 1.89. The highest BCUT2D eigenvalue weighted by molar-refractivity contribution is 7.98. The molecule has 18 heavy (non-hydrogen) atoms. The van der Waals surface area contributed by atoms with Crippen LogP contribution in [0.1, 0.15) is 12.8 Å². The summed E-state index contributed by atoms with van der Waals surface area (Å²) < 4.78 is 0. The van der Waals surface area contributed by atoms with E-state index in [1.54, 1.807) is 6.20 Å². The lowest BCUT2D eigenvalue weighted by Crippen LogP contribution is -2.02. The van der Waals surface area contributed by atoms with E-state index in [1.807, 2.05) is 30.0 Å². The third kappa shape index (κ3) is 3.30. The third-order valence-electron chi connectivity index (χ3n) is 2.81. The monoisotopic (exact) mass is 280 g/mol. The fourth-order valence-corrected chi connectivity index (χ4v) is 2.59. The fraction of sp³-hybridized carbons (Fsp3) is 0.357. The number of benzene rings is 1. The van der Waals surface area contributed by atoms with Crippen LogP contribution in [0.25, 0.3) is 10.9 Å². The van der Waals surface area contributed by atoms with Gasteiger partial charge in [0.2, 0.25) is 0 Å². The average Bonchev–Trinajstić information content (AvgIpc) is 2.41. The average molecular weight is 281 g/mol. The number of hydrogen-bond donors (Lipinski definition) is 1. The Morgan fingerprint density at radius 1 is 1.28 bits per heavy atom. The predicted octanol–water partition coefficient (Wildman–Crippen LogP) is 4.44. The van der Waals surface area contributed by atoms with E-state index in [0.29, 0.717) is 5.02 Å². The maximum absolute atomic E-state index is 6.14. The van der Waals surface area contributed by atoms with Crippen LogP contribution in [0.5, 0.6) is 0 Å². The van der Waals surface area contributed by atoms with Crippen LogP contribution in [-0.2, 0) is 0 Å². The van der Waals surface area contributed by atoms with Crippen LogP contribution >= 0.6 is 23.4 Å². The topological polar surface area (TPSA) is 24.9 Å². The molecule has 0 saturated carbocycles. The second kappa shape index (κ2) is 6.86. The summed E-state index contributed by atoms with van der Waals surface area (Å²) in [7, 11) is 0. The van der Waals surface area contributed by atoms with Gasteiger partial charge in [-0.25, -0.2) is 0 Å². The summed E-state index contributed by atoms with van der Waals surface area (Å²) in [5.41, 5.74) is 1.99. The quantitative estimate of drug-likeness (QED) is 0.792. The van der Waals surface area contributed by atoms with Crippen molar-refractivity contribution < 1.29 is 0 Å². The van der Waals surface area contributed by atoms with E-state index in [4.69, 9.17) is 11.6 Å². The lowest BCUT2D eigenvalue weighted by atomic mass is 10.1. The first-order chi connectivity index (χ1) is 8.83. The highest BCUT2D eigenvalue weighted by Gasteiger charge is 2.04. The minimum absolute atomic E-state index is 0.707. The van der Waals surface area contributed by atoms with Crippen molar-refractivity contribution in [1.82, 2.24) is 4.98 Å². The van der Waals surface area contributed by atoms with Crippen molar-refractivity contribution in [3.05, 3.63) is 35.5 Å². The second-order valence-corrected chi connectivity index (χ2v) is 5.51. The van der Waals surface area contributed by atoms with Crippen LogP contribution in [0.4, 0.5) is 5.69 Å². The first kappa shape index (κ1) is 13.5. The van der Waals surface area contributed by atoms with Crippen molar-refractivity contribution >= 4 is 40.0 Å². The highest BCUT2D eigenvalue weighted by atomic mass is 35.5. The lowest BCUT2D eigenvalue weighted by Gasteiger charge is -2.10. The highest BCUT2D eigenvalue weighted by Crippen LogP contribution is 2.27. The molecule has 2 nitrogen and oxygen atoms in total. The number of nitrogens with one attached hydrogen (secondary N) is 1. The number of pyridine rings is 1. The van der Waals surface area contributed by atoms with Gasteiger partial charge in [-0.3, -0.25) is 4.98 Å². The first-order valence-electron chi connectivity index (χ1n) is 6.09. The second-order valence-electron chi connectivity index (χ2n) is 4.12. The summed E-state index contributed by atoms with van der Waals surface area (Å²) in [5, 5.41) is 5.27. The molecule has 0 spiro atoms. The Kier molecular flexibility index (Phi) is 5.14. The zero-order chi connectivity index (χ0) is 12.8. The van der Waals surface area contributed by atoms with Gasteiger partial charge in [0.25, 0.3) is 0 Å². The lowest BCUT2D eigenvalue weighted by molar-refractivity contribution is 0.844. The number of hydrogen-bond acceptors (Lipinski definition) is 3. The molecule has 2 aromatic rings. The van der Waals surface area contributed by atoms with E-state index in [-0.39, 0.29) is 0 Å². The van der Waals surface area contributed by atoms with Crippen LogP contribution in [0.15, 0.2) is 30.5 Å². The minimum Gasteiger partial charge on any atom is -0.384 e. The molecule has 1 aromatic heterocycles. The zero-order valence-corrected chi connectivity index (χ0v) is 12.0. The molecule has 0 aliphatic heterocycles. The van der Waals surface area contributed by atoms with E-state index >= 15 is 0 Å². The Morgan fingerprint density at radius 2 is 2.17 bits per heavy atom. The Morgan fingerprint density at radius 3 is 3.00 bits per heavy atom. The molecule has 0 amide bonds. The number of thioether (sulfide) groups is 1. The summed E-state index contributed by atoms with van der Waals surface area (Å²) in [6.07, 6.45) is 6.35. The number of aromatic nitrogens is 1. The smallest absolute Gasteiger partial charge is 0.0908 e. The number of nitrogens with zero attached hydrogens (tertiary/aromatic N) is 1. The Labute approximate surface area is 117 Å². The van der Waals surface area contributed by atoms with Crippen molar-refractivity contribution in [1.29, 1.82) is 0 Å². The number of anilines is 1. The molecule has 0 aliphatic carbocycles. The van der Waals surface area contributed by atoms with Crippen molar-refractivity contribution in [2.45, 2.75) is 12.8 Å². The van der Waals surface area contributed by atoms with Gasteiger partial charge in [-0.2, -0.15) is 11.8 Å². The molecule has 1 N–H and O–H groups in total. The summed E-state index contributed by atoms with van der Waals surface area (Å²) in [6.45, 7) is 0.992. The number of fused-ring (bicyclic) bond motifs is 1. The van der Waals surface area contributed by atoms with E-state index in [1.165, 1.54) is 18.6 Å².